The summed E-state index contributed by atoms with van der Waals surface area (Å²) >= 11 is 0. The Balaban J connectivity index is 1.66. The summed E-state index contributed by atoms with van der Waals surface area (Å²) in [6, 6.07) is 6.55. The minimum Gasteiger partial charge on any atom is -0.339 e. The highest BCUT2D eigenvalue weighted by Crippen LogP contribution is 2.27. The molecule has 5 nitrogen and oxygen atoms in total. The zero-order valence-electron chi connectivity index (χ0n) is 11.7. The molecule has 1 aliphatic rings. The van der Waals surface area contributed by atoms with Crippen LogP contribution in [0.1, 0.15) is 35.2 Å². The van der Waals surface area contributed by atoms with E-state index in [1.165, 1.54) is 6.07 Å². The van der Waals surface area contributed by atoms with Gasteiger partial charge in [-0.25, -0.2) is 4.39 Å². The molecule has 0 saturated carbocycles. The molecule has 0 N–H and O–H groups in total. The zero-order chi connectivity index (χ0) is 14.8. The SMILES string of the molecule is Cc1noc(C2CCN(Cc3ccc(F)c(C#N)c3)C2)n1. The van der Waals surface area contributed by atoms with Crippen molar-refractivity contribution in [2.24, 2.45) is 0 Å². The summed E-state index contributed by atoms with van der Waals surface area (Å²) in [4.78, 5) is 6.52. The van der Waals surface area contributed by atoms with Gasteiger partial charge in [0.1, 0.15) is 11.9 Å². The minimum absolute atomic E-state index is 0.0933. The third kappa shape index (κ3) is 2.93. The Hall–Kier alpha value is -2.26. The Bertz CT molecular complexity index is 691. The van der Waals surface area contributed by atoms with Gasteiger partial charge in [0.15, 0.2) is 5.82 Å². The van der Waals surface area contributed by atoms with E-state index in [2.05, 4.69) is 15.0 Å². The molecule has 0 radical (unpaired) electrons. The maximum Gasteiger partial charge on any atom is 0.231 e. The van der Waals surface area contributed by atoms with Gasteiger partial charge in [-0.2, -0.15) is 10.2 Å². The summed E-state index contributed by atoms with van der Waals surface area (Å²) in [5, 5.41) is 12.7. The smallest absolute Gasteiger partial charge is 0.231 e. The number of nitriles is 1. The second kappa shape index (κ2) is 5.62. The Morgan fingerprint density at radius 3 is 3.10 bits per heavy atom. The number of likely N-dealkylation sites (tertiary alicyclic amines) is 1. The molecule has 0 spiro atoms. The molecule has 0 aliphatic carbocycles. The lowest BCUT2D eigenvalue weighted by atomic mass is 10.1. The van der Waals surface area contributed by atoms with Crippen LogP contribution in [-0.4, -0.2) is 28.1 Å². The van der Waals surface area contributed by atoms with Gasteiger partial charge in [-0.1, -0.05) is 11.2 Å². The second-order valence-electron chi connectivity index (χ2n) is 5.33. The van der Waals surface area contributed by atoms with Crippen LogP contribution in [0.15, 0.2) is 22.7 Å². The highest BCUT2D eigenvalue weighted by atomic mass is 19.1. The molecule has 1 atom stereocenters. The Morgan fingerprint density at radius 1 is 1.52 bits per heavy atom. The van der Waals surface area contributed by atoms with Crippen LogP contribution < -0.4 is 0 Å². The van der Waals surface area contributed by atoms with E-state index in [1.807, 2.05) is 13.0 Å². The molecule has 0 amide bonds. The molecule has 1 unspecified atom stereocenters. The first-order valence-corrected chi connectivity index (χ1v) is 6.87. The van der Waals surface area contributed by atoms with Crippen LogP contribution >= 0.6 is 0 Å². The van der Waals surface area contributed by atoms with Crippen LogP contribution in [0.5, 0.6) is 0 Å². The summed E-state index contributed by atoms with van der Waals surface area (Å²) < 4.78 is 18.5. The Morgan fingerprint density at radius 2 is 2.38 bits per heavy atom. The standard InChI is InChI=1S/C15H15FN4O/c1-10-18-15(21-19-10)12-4-5-20(9-12)8-11-2-3-14(16)13(6-11)7-17/h2-3,6,12H,4-5,8-9H2,1H3. The van der Waals surface area contributed by atoms with Gasteiger partial charge < -0.3 is 4.52 Å². The summed E-state index contributed by atoms with van der Waals surface area (Å²) in [7, 11) is 0. The van der Waals surface area contributed by atoms with Crippen molar-refractivity contribution >= 4 is 0 Å². The number of hydrogen-bond donors (Lipinski definition) is 0. The molecule has 1 saturated heterocycles. The molecular formula is C15H15FN4O. The number of rotatable bonds is 3. The van der Waals surface area contributed by atoms with Crippen molar-refractivity contribution in [3.05, 3.63) is 46.9 Å². The van der Waals surface area contributed by atoms with Crippen molar-refractivity contribution in [1.29, 1.82) is 5.26 Å². The molecule has 0 bridgehead atoms. The zero-order valence-corrected chi connectivity index (χ0v) is 11.7. The number of aryl methyl sites for hydroxylation is 1. The van der Waals surface area contributed by atoms with E-state index in [4.69, 9.17) is 9.78 Å². The fourth-order valence-corrected chi connectivity index (χ4v) is 2.67. The van der Waals surface area contributed by atoms with E-state index >= 15 is 0 Å². The molecule has 1 fully saturated rings. The molecule has 108 valence electrons. The number of aromatic nitrogens is 2. The van der Waals surface area contributed by atoms with Gasteiger partial charge in [0, 0.05) is 13.1 Å². The van der Waals surface area contributed by atoms with E-state index in [9.17, 15) is 4.39 Å². The van der Waals surface area contributed by atoms with Crippen LogP contribution in [0.3, 0.4) is 0 Å². The fourth-order valence-electron chi connectivity index (χ4n) is 2.67. The van der Waals surface area contributed by atoms with Crippen LogP contribution in [0.2, 0.25) is 0 Å². The van der Waals surface area contributed by atoms with Crippen molar-refractivity contribution in [3.63, 3.8) is 0 Å². The molecule has 3 rings (SSSR count). The van der Waals surface area contributed by atoms with Gasteiger partial charge >= 0.3 is 0 Å². The number of hydrogen-bond acceptors (Lipinski definition) is 5. The molecule has 2 aromatic rings. The Kier molecular flexibility index (Phi) is 3.67. The summed E-state index contributed by atoms with van der Waals surface area (Å²) in [5.74, 6) is 1.12. The van der Waals surface area contributed by atoms with Crippen LogP contribution in [-0.2, 0) is 6.54 Å². The van der Waals surface area contributed by atoms with E-state index in [0.717, 1.165) is 25.1 Å². The van der Waals surface area contributed by atoms with Crippen molar-refractivity contribution in [3.8, 4) is 6.07 Å². The van der Waals surface area contributed by atoms with Gasteiger partial charge in [-0.3, -0.25) is 4.90 Å². The van der Waals surface area contributed by atoms with Crippen LogP contribution in [0.25, 0.3) is 0 Å². The first kappa shape index (κ1) is 13.7. The van der Waals surface area contributed by atoms with Crippen LogP contribution in [0, 0.1) is 24.1 Å². The third-order valence-electron chi connectivity index (χ3n) is 3.72. The normalized spacial score (nSPS) is 18.8. The maximum atomic E-state index is 13.3. The first-order chi connectivity index (χ1) is 10.2. The highest BCUT2D eigenvalue weighted by molar-refractivity contribution is 5.34. The van der Waals surface area contributed by atoms with Gasteiger partial charge in [-0.05, 0) is 37.6 Å². The molecule has 1 aromatic carbocycles. The average molecular weight is 286 g/mol. The highest BCUT2D eigenvalue weighted by Gasteiger charge is 2.28. The van der Waals surface area contributed by atoms with Crippen molar-refractivity contribution < 1.29 is 8.91 Å². The maximum absolute atomic E-state index is 13.3. The lowest BCUT2D eigenvalue weighted by Gasteiger charge is -2.15. The lowest BCUT2D eigenvalue weighted by molar-refractivity contribution is 0.308. The number of halogens is 1. The van der Waals surface area contributed by atoms with E-state index in [1.54, 1.807) is 12.1 Å². The third-order valence-corrected chi connectivity index (χ3v) is 3.72. The van der Waals surface area contributed by atoms with Crippen molar-refractivity contribution in [2.75, 3.05) is 13.1 Å². The fraction of sp³-hybridized carbons (Fsp3) is 0.400. The van der Waals surface area contributed by atoms with Crippen molar-refractivity contribution in [1.82, 2.24) is 15.0 Å². The molecule has 6 heteroatoms. The predicted molar refractivity (Wildman–Crippen MR) is 72.8 cm³/mol. The molecule has 21 heavy (non-hydrogen) atoms. The lowest BCUT2D eigenvalue weighted by Crippen LogP contribution is -2.20. The average Bonchev–Trinajstić information content (AvgIpc) is 3.10. The quantitative estimate of drug-likeness (QED) is 0.866. The Labute approximate surface area is 122 Å². The molecule has 1 aliphatic heterocycles. The van der Waals surface area contributed by atoms with Gasteiger partial charge in [0.05, 0.1) is 11.5 Å². The summed E-state index contributed by atoms with van der Waals surface area (Å²) in [6.07, 6.45) is 0.966. The van der Waals surface area contributed by atoms with Gasteiger partial charge in [-0.15, -0.1) is 0 Å². The first-order valence-electron chi connectivity index (χ1n) is 6.87. The van der Waals surface area contributed by atoms with Gasteiger partial charge in [0.2, 0.25) is 5.89 Å². The predicted octanol–water partition coefficient (Wildman–Crippen LogP) is 2.38. The topological polar surface area (TPSA) is 66.0 Å². The summed E-state index contributed by atoms with van der Waals surface area (Å²) in [5.41, 5.74) is 1.03. The van der Waals surface area contributed by atoms with E-state index in [0.29, 0.717) is 18.3 Å². The molecular weight excluding hydrogens is 271 g/mol. The van der Waals surface area contributed by atoms with Crippen molar-refractivity contribution in [2.45, 2.75) is 25.8 Å². The number of nitrogens with zero attached hydrogens (tertiary/aromatic N) is 4. The number of benzene rings is 1. The van der Waals surface area contributed by atoms with Gasteiger partial charge in [0.25, 0.3) is 0 Å². The summed E-state index contributed by atoms with van der Waals surface area (Å²) in [6.45, 7) is 4.26. The van der Waals surface area contributed by atoms with Crippen LogP contribution in [0.4, 0.5) is 4.39 Å². The molecule has 2 heterocycles. The molecule has 1 aromatic heterocycles. The van der Waals surface area contributed by atoms with E-state index in [-0.39, 0.29) is 11.5 Å². The monoisotopic (exact) mass is 286 g/mol. The largest absolute Gasteiger partial charge is 0.339 e. The minimum atomic E-state index is -0.470. The van der Waals surface area contributed by atoms with E-state index < -0.39 is 5.82 Å². The second-order valence-corrected chi connectivity index (χ2v) is 5.33.